The lowest BCUT2D eigenvalue weighted by Gasteiger charge is -2.38. The standard InChI is InChI=1S/C35H36F3N3O/c1-24-6-5-9-32(33(24)26-10-13-29(14-11-26)35(36,37)38)34(42)39-30-15-12-27-21-31(22-28(27)20-30)41-18-16-40(17-19-41)23-25-7-3-2-4-8-25/h2-4,7-15,20,31H,5-6,16-19,21-23H2,1H3,(H,39,42). The molecule has 42 heavy (non-hydrogen) atoms. The van der Waals surface area contributed by atoms with Crippen LogP contribution >= 0.6 is 0 Å². The molecule has 0 aromatic heterocycles. The third-order valence-corrected chi connectivity index (χ3v) is 8.86. The van der Waals surface area contributed by atoms with Gasteiger partial charge in [-0.2, -0.15) is 13.2 Å². The van der Waals surface area contributed by atoms with Gasteiger partial charge in [0, 0.05) is 50.0 Å². The maximum atomic E-state index is 13.5. The average Bonchev–Trinajstić information content (AvgIpc) is 3.41. The maximum Gasteiger partial charge on any atom is 0.416 e. The van der Waals surface area contributed by atoms with E-state index in [0.717, 1.165) is 87.4 Å². The zero-order valence-corrected chi connectivity index (χ0v) is 23.9. The molecular formula is C35H36F3N3O. The highest BCUT2D eigenvalue weighted by Gasteiger charge is 2.32. The summed E-state index contributed by atoms with van der Waals surface area (Å²) in [4.78, 5) is 18.6. The van der Waals surface area contributed by atoms with Gasteiger partial charge >= 0.3 is 6.18 Å². The molecule has 0 spiro atoms. The Morgan fingerprint density at radius 2 is 1.62 bits per heavy atom. The summed E-state index contributed by atoms with van der Waals surface area (Å²) in [6, 6.07) is 22.4. The van der Waals surface area contributed by atoms with E-state index in [0.29, 0.717) is 17.2 Å². The highest BCUT2D eigenvalue weighted by atomic mass is 19.4. The number of piperazine rings is 1. The molecule has 1 N–H and O–H groups in total. The van der Waals surface area contributed by atoms with Gasteiger partial charge in [-0.1, -0.05) is 60.2 Å². The van der Waals surface area contributed by atoms with Crippen molar-refractivity contribution in [3.05, 3.63) is 118 Å². The first kappa shape index (κ1) is 28.4. The van der Waals surface area contributed by atoms with Crippen LogP contribution in [0.3, 0.4) is 0 Å². The fraction of sp³-hybridized carbons (Fsp3) is 0.343. The Labute approximate surface area is 245 Å². The molecule has 1 amide bonds. The smallest absolute Gasteiger partial charge is 0.322 e. The van der Waals surface area contributed by atoms with Gasteiger partial charge in [0.25, 0.3) is 5.91 Å². The molecule has 0 saturated carbocycles. The van der Waals surface area contributed by atoms with Crippen molar-refractivity contribution in [1.82, 2.24) is 9.80 Å². The first-order valence-electron chi connectivity index (χ1n) is 14.8. The van der Waals surface area contributed by atoms with Crippen molar-refractivity contribution in [2.45, 2.75) is 51.4 Å². The summed E-state index contributed by atoms with van der Waals surface area (Å²) < 4.78 is 39.3. The highest BCUT2D eigenvalue weighted by molar-refractivity contribution is 6.15. The Morgan fingerprint density at radius 3 is 2.33 bits per heavy atom. The second-order valence-electron chi connectivity index (χ2n) is 11.7. The minimum atomic E-state index is -4.39. The number of hydrogen-bond donors (Lipinski definition) is 1. The van der Waals surface area contributed by atoms with Crippen molar-refractivity contribution >= 4 is 17.2 Å². The molecule has 1 aliphatic heterocycles. The van der Waals surface area contributed by atoms with E-state index in [9.17, 15) is 18.0 Å². The third-order valence-electron chi connectivity index (χ3n) is 8.86. The Morgan fingerprint density at radius 1 is 0.905 bits per heavy atom. The predicted molar refractivity (Wildman–Crippen MR) is 161 cm³/mol. The van der Waals surface area contributed by atoms with Crippen LogP contribution in [-0.4, -0.2) is 47.9 Å². The minimum Gasteiger partial charge on any atom is -0.322 e. The number of fused-ring (bicyclic) bond motifs is 1. The number of carbonyl (C=O) groups excluding carboxylic acids is 1. The molecule has 7 heteroatoms. The molecule has 218 valence electrons. The number of allylic oxidation sites excluding steroid dienone is 2. The second-order valence-corrected chi connectivity index (χ2v) is 11.7. The van der Waals surface area contributed by atoms with Gasteiger partial charge in [0.1, 0.15) is 0 Å². The zero-order chi connectivity index (χ0) is 29.3. The van der Waals surface area contributed by atoms with Crippen molar-refractivity contribution in [2.24, 2.45) is 0 Å². The topological polar surface area (TPSA) is 35.6 Å². The number of amides is 1. The normalized spacial score (nSPS) is 19.9. The van der Waals surface area contributed by atoms with E-state index < -0.39 is 11.7 Å². The summed E-state index contributed by atoms with van der Waals surface area (Å²) in [6.07, 6.45) is 0.991. The molecule has 1 atom stereocenters. The van der Waals surface area contributed by atoms with E-state index >= 15 is 0 Å². The molecule has 0 radical (unpaired) electrons. The number of nitrogens with one attached hydrogen (secondary N) is 1. The van der Waals surface area contributed by atoms with Crippen molar-refractivity contribution < 1.29 is 18.0 Å². The summed E-state index contributed by atoms with van der Waals surface area (Å²) in [5, 5.41) is 3.08. The quantitative estimate of drug-likeness (QED) is 0.342. The van der Waals surface area contributed by atoms with Crippen LogP contribution in [0.1, 0.15) is 47.6 Å². The molecule has 6 rings (SSSR count). The summed E-state index contributed by atoms with van der Waals surface area (Å²) >= 11 is 0. The Kier molecular flexibility index (Phi) is 8.06. The number of carbonyl (C=O) groups is 1. The van der Waals surface area contributed by atoms with Crippen LogP contribution in [0.15, 0.2) is 90.0 Å². The van der Waals surface area contributed by atoms with Crippen LogP contribution in [0.4, 0.5) is 18.9 Å². The third kappa shape index (κ3) is 6.22. The molecule has 2 aliphatic carbocycles. The first-order chi connectivity index (χ1) is 20.2. The van der Waals surface area contributed by atoms with E-state index in [-0.39, 0.29) is 5.91 Å². The van der Waals surface area contributed by atoms with Crippen LogP contribution in [0.25, 0.3) is 5.57 Å². The number of hydrogen-bond acceptors (Lipinski definition) is 3. The van der Waals surface area contributed by atoms with E-state index in [1.54, 1.807) is 0 Å². The van der Waals surface area contributed by atoms with Gasteiger partial charge in [-0.3, -0.25) is 14.6 Å². The largest absolute Gasteiger partial charge is 0.416 e. The van der Waals surface area contributed by atoms with Gasteiger partial charge in [0.05, 0.1) is 5.56 Å². The number of alkyl halides is 3. The van der Waals surface area contributed by atoms with Crippen molar-refractivity contribution in [1.29, 1.82) is 0 Å². The zero-order valence-electron chi connectivity index (χ0n) is 23.9. The maximum absolute atomic E-state index is 13.5. The van der Waals surface area contributed by atoms with E-state index in [2.05, 4.69) is 57.6 Å². The van der Waals surface area contributed by atoms with Crippen LogP contribution in [0, 0.1) is 0 Å². The molecule has 3 aromatic carbocycles. The van der Waals surface area contributed by atoms with Gasteiger partial charge in [-0.25, -0.2) is 0 Å². The van der Waals surface area contributed by atoms with E-state index in [4.69, 9.17) is 0 Å². The van der Waals surface area contributed by atoms with Crippen molar-refractivity contribution in [3.63, 3.8) is 0 Å². The predicted octanol–water partition coefficient (Wildman–Crippen LogP) is 7.12. The summed E-state index contributed by atoms with van der Waals surface area (Å²) in [5.74, 6) is -0.229. The van der Waals surface area contributed by atoms with Gasteiger partial charge < -0.3 is 5.32 Å². The van der Waals surface area contributed by atoms with Gasteiger partial charge in [-0.15, -0.1) is 0 Å². The number of rotatable bonds is 6. The van der Waals surface area contributed by atoms with Crippen LogP contribution in [0.2, 0.25) is 0 Å². The number of nitrogens with zero attached hydrogens (tertiary/aromatic N) is 2. The summed E-state index contributed by atoms with van der Waals surface area (Å²) in [7, 11) is 0. The minimum absolute atomic E-state index is 0.229. The lowest BCUT2D eigenvalue weighted by molar-refractivity contribution is -0.137. The Hall–Kier alpha value is -3.68. The van der Waals surface area contributed by atoms with Gasteiger partial charge in [0.2, 0.25) is 0 Å². The van der Waals surface area contributed by atoms with E-state index in [1.807, 2.05) is 19.1 Å². The number of anilines is 1. The second kappa shape index (κ2) is 11.9. The summed E-state index contributed by atoms with van der Waals surface area (Å²) in [6.45, 7) is 7.18. The molecule has 1 fully saturated rings. The molecular weight excluding hydrogens is 535 g/mol. The molecule has 1 saturated heterocycles. The number of benzene rings is 3. The van der Waals surface area contributed by atoms with Crippen LogP contribution < -0.4 is 5.32 Å². The van der Waals surface area contributed by atoms with Crippen molar-refractivity contribution in [2.75, 3.05) is 31.5 Å². The average molecular weight is 572 g/mol. The summed E-state index contributed by atoms with van der Waals surface area (Å²) in [5.41, 5.74) is 6.90. The monoisotopic (exact) mass is 571 g/mol. The Bertz CT molecular complexity index is 1500. The molecule has 4 nitrogen and oxygen atoms in total. The first-order valence-corrected chi connectivity index (χ1v) is 14.8. The molecule has 3 aliphatic rings. The fourth-order valence-electron chi connectivity index (χ4n) is 6.58. The molecule has 1 heterocycles. The SMILES string of the molecule is CC1=C(c2ccc(C(F)(F)F)cc2)C(C(=O)Nc2ccc3c(c2)CC(N2CCN(Cc4ccccc4)CC2)C3)=CCC1. The lowest BCUT2D eigenvalue weighted by atomic mass is 9.86. The van der Waals surface area contributed by atoms with Crippen LogP contribution in [0.5, 0.6) is 0 Å². The fourth-order valence-corrected chi connectivity index (χ4v) is 6.58. The van der Waals surface area contributed by atoms with Gasteiger partial charge in [-0.05, 0) is 84.7 Å². The lowest BCUT2D eigenvalue weighted by Crippen LogP contribution is -2.50. The number of halogens is 3. The molecule has 1 unspecified atom stereocenters. The van der Waals surface area contributed by atoms with Crippen LogP contribution in [-0.2, 0) is 30.4 Å². The molecule has 3 aromatic rings. The van der Waals surface area contributed by atoms with Crippen molar-refractivity contribution in [3.8, 4) is 0 Å². The molecule has 0 bridgehead atoms. The van der Waals surface area contributed by atoms with E-state index in [1.165, 1.54) is 28.8 Å². The Balaban J connectivity index is 1.08. The highest BCUT2D eigenvalue weighted by Crippen LogP contribution is 2.37. The van der Waals surface area contributed by atoms with Gasteiger partial charge in [0.15, 0.2) is 0 Å².